The van der Waals surface area contributed by atoms with Crippen molar-refractivity contribution in [3.63, 3.8) is 0 Å². The summed E-state index contributed by atoms with van der Waals surface area (Å²) < 4.78 is 29.5. The third-order valence-corrected chi connectivity index (χ3v) is 7.97. The summed E-state index contributed by atoms with van der Waals surface area (Å²) in [5.74, 6) is 0.490. The number of fused-ring (bicyclic) bond motifs is 1. The Morgan fingerprint density at radius 2 is 1.69 bits per heavy atom. The standard InChI is InChI=1S/C26H28F2N6S/c27-20-11-9-18(10-12-20)23-24(29-21-6-2-3-7-21)34-25(30-23)35-26(31-34)33-15-13-32(14-16-33)17-19-5-1-4-8-22(19)28/h1,4-5,8-12,21,29H,2-3,6-7,13-17H2. The van der Waals surface area contributed by atoms with Gasteiger partial charge < -0.3 is 10.2 Å². The smallest absolute Gasteiger partial charge is 0.216 e. The number of halogens is 2. The van der Waals surface area contributed by atoms with Crippen LogP contribution in [0.5, 0.6) is 0 Å². The first-order valence-electron chi connectivity index (χ1n) is 12.3. The van der Waals surface area contributed by atoms with Crippen LogP contribution in [0.15, 0.2) is 48.5 Å². The van der Waals surface area contributed by atoms with Crippen LogP contribution in [0, 0.1) is 11.6 Å². The van der Waals surface area contributed by atoms with Crippen molar-refractivity contribution in [1.29, 1.82) is 0 Å². The van der Waals surface area contributed by atoms with Crippen molar-refractivity contribution in [3.8, 4) is 11.3 Å². The second-order valence-corrected chi connectivity index (χ2v) is 10.3. The molecule has 2 fully saturated rings. The quantitative estimate of drug-likeness (QED) is 0.388. The fraction of sp³-hybridized carbons (Fsp3) is 0.385. The van der Waals surface area contributed by atoms with Crippen LogP contribution >= 0.6 is 11.3 Å². The highest BCUT2D eigenvalue weighted by Gasteiger charge is 2.26. The van der Waals surface area contributed by atoms with Gasteiger partial charge in [0.1, 0.15) is 17.3 Å². The number of piperazine rings is 1. The number of aromatic nitrogens is 3. The molecule has 3 heterocycles. The zero-order chi connectivity index (χ0) is 23.8. The van der Waals surface area contributed by atoms with Crippen LogP contribution in [0.2, 0.25) is 0 Å². The lowest BCUT2D eigenvalue weighted by atomic mass is 10.1. The SMILES string of the molecule is Fc1ccc(-c2nc3sc(N4CCN(Cc5ccccc5F)CC4)nn3c2NC2CCCC2)cc1. The molecular weight excluding hydrogens is 466 g/mol. The predicted octanol–water partition coefficient (Wildman–Crippen LogP) is 5.41. The minimum Gasteiger partial charge on any atom is -0.365 e. The maximum atomic E-state index is 14.0. The van der Waals surface area contributed by atoms with Crippen LogP contribution in [-0.4, -0.2) is 51.7 Å². The molecular formula is C26H28F2N6S. The summed E-state index contributed by atoms with van der Waals surface area (Å²) in [6, 6.07) is 13.9. The van der Waals surface area contributed by atoms with E-state index in [1.165, 1.54) is 31.0 Å². The molecule has 1 aliphatic carbocycles. The van der Waals surface area contributed by atoms with Crippen molar-refractivity contribution < 1.29 is 8.78 Å². The molecule has 0 radical (unpaired) electrons. The number of nitrogens with zero attached hydrogens (tertiary/aromatic N) is 5. The summed E-state index contributed by atoms with van der Waals surface area (Å²) in [7, 11) is 0. The molecule has 2 aromatic heterocycles. The molecule has 6 nitrogen and oxygen atoms in total. The molecule has 1 N–H and O–H groups in total. The van der Waals surface area contributed by atoms with Crippen molar-refractivity contribution in [3.05, 3.63) is 65.7 Å². The Kier molecular flexibility index (Phi) is 6.12. The first kappa shape index (κ1) is 22.4. The Morgan fingerprint density at radius 1 is 0.943 bits per heavy atom. The van der Waals surface area contributed by atoms with Crippen LogP contribution in [0.4, 0.5) is 19.7 Å². The maximum Gasteiger partial charge on any atom is 0.216 e. The van der Waals surface area contributed by atoms with Crippen LogP contribution in [-0.2, 0) is 6.54 Å². The van der Waals surface area contributed by atoms with Crippen LogP contribution in [0.3, 0.4) is 0 Å². The zero-order valence-corrected chi connectivity index (χ0v) is 20.3. The van der Waals surface area contributed by atoms with Gasteiger partial charge in [-0.15, -0.1) is 5.10 Å². The molecule has 182 valence electrons. The molecule has 9 heteroatoms. The monoisotopic (exact) mass is 494 g/mol. The summed E-state index contributed by atoms with van der Waals surface area (Å²) in [4.78, 5) is 10.3. The maximum absolute atomic E-state index is 14.0. The third kappa shape index (κ3) is 4.62. The Hall–Kier alpha value is -3.04. The highest BCUT2D eigenvalue weighted by Crippen LogP contribution is 2.35. The van der Waals surface area contributed by atoms with E-state index in [2.05, 4.69) is 15.1 Å². The Balaban J connectivity index is 1.22. The number of hydrogen-bond donors (Lipinski definition) is 1. The lowest BCUT2D eigenvalue weighted by molar-refractivity contribution is 0.246. The molecule has 0 unspecified atom stereocenters. The van der Waals surface area contributed by atoms with E-state index in [1.807, 2.05) is 16.6 Å². The summed E-state index contributed by atoms with van der Waals surface area (Å²) in [5.41, 5.74) is 2.44. The van der Waals surface area contributed by atoms with E-state index in [0.29, 0.717) is 12.6 Å². The van der Waals surface area contributed by atoms with E-state index in [9.17, 15) is 8.78 Å². The van der Waals surface area contributed by atoms with E-state index in [4.69, 9.17) is 10.1 Å². The highest BCUT2D eigenvalue weighted by molar-refractivity contribution is 7.20. The number of anilines is 2. The van der Waals surface area contributed by atoms with Gasteiger partial charge in [-0.25, -0.2) is 13.8 Å². The number of benzene rings is 2. The van der Waals surface area contributed by atoms with Crippen molar-refractivity contribution in [1.82, 2.24) is 19.5 Å². The van der Waals surface area contributed by atoms with Gasteiger partial charge in [-0.3, -0.25) is 4.90 Å². The highest BCUT2D eigenvalue weighted by atomic mass is 32.1. The molecule has 2 aliphatic rings. The molecule has 1 saturated carbocycles. The molecule has 6 rings (SSSR count). The summed E-state index contributed by atoms with van der Waals surface area (Å²) in [6.07, 6.45) is 4.73. The van der Waals surface area contributed by atoms with E-state index >= 15 is 0 Å². The minimum atomic E-state index is -0.255. The van der Waals surface area contributed by atoms with Gasteiger partial charge in [0, 0.05) is 49.9 Å². The molecule has 0 atom stereocenters. The van der Waals surface area contributed by atoms with Crippen molar-refractivity contribution in [2.45, 2.75) is 38.3 Å². The van der Waals surface area contributed by atoms with Crippen molar-refractivity contribution >= 4 is 27.2 Å². The largest absolute Gasteiger partial charge is 0.365 e. The molecule has 1 saturated heterocycles. The van der Waals surface area contributed by atoms with Gasteiger partial charge in [-0.2, -0.15) is 4.52 Å². The first-order chi connectivity index (χ1) is 17.1. The second-order valence-electron chi connectivity index (χ2n) is 9.38. The lowest BCUT2D eigenvalue weighted by Crippen LogP contribution is -2.46. The van der Waals surface area contributed by atoms with Crippen LogP contribution in [0.25, 0.3) is 16.2 Å². The Bertz CT molecular complexity index is 1300. The molecule has 0 spiro atoms. The van der Waals surface area contributed by atoms with Gasteiger partial charge in [0.15, 0.2) is 5.82 Å². The van der Waals surface area contributed by atoms with Crippen LogP contribution in [0.1, 0.15) is 31.2 Å². The van der Waals surface area contributed by atoms with Gasteiger partial charge in [0.25, 0.3) is 0 Å². The Labute approximate surface area is 207 Å². The molecule has 2 aromatic carbocycles. The molecule has 0 bridgehead atoms. The number of nitrogens with one attached hydrogen (secondary N) is 1. The first-order valence-corrected chi connectivity index (χ1v) is 13.1. The fourth-order valence-corrected chi connectivity index (χ4v) is 5.99. The topological polar surface area (TPSA) is 48.7 Å². The number of rotatable bonds is 6. The van der Waals surface area contributed by atoms with Gasteiger partial charge in [0.2, 0.25) is 10.1 Å². The van der Waals surface area contributed by atoms with Crippen molar-refractivity contribution in [2.75, 3.05) is 36.4 Å². The van der Waals surface area contributed by atoms with E-state index in [1.54, 1.807) is 29.5 Å². The van der Waals surface area contributed by atoms with Gasteiger partial charge >= 0.3 is 0 Å². The second kappa shape index (κ2) is 9.54. The lowest BCUT2D eigenvalue weighted by Gasteiger charge is -2.34. The van der Waals surface area contributed by atoms with Gasteiger partial charge in [-0.1, -0.05) is 42.4 Å². The van der Waals surface area contributed by atoms with E-state index in [-0.39, 0.29) is 11.6 Å². The number of imidazole rings is 1. The number of hydrogen-bond acceptors (Lipinski definition) is 6. The van der Waals surface area contributed by atoms with Crippen LogP contribution < -0.4 is 10.2 Å². The normalized spacial score (nSPS) is 17.5. The molecule has 0 amide bonds. The zero-order valence-electron chi connectivity index (χ0n) is 19.5. The average molecular weight is 495 g/mol. The molecule has 4 aromatic rings. The van der Waals surface area contributed by atoms with Crippen molar-refractivity contribution in [2.24, 2.45) is 0 Å². The Morgan fingerprint density at radius 3 is 2.43 bits per heavy atom. The summed E-state index contributed by atoms with van der Waals surface area (Å²) >= 11 is 1.58. The summed E-state index contributed by atoms with van der Waals surface area (Å²) in [5, 5.41) is 9.58. The average Bonchev–Trinajstić information content (AvgIpc) is 3.60. The summed E-state index contributed by atoms with van der Waals surface area (Å²) in [6.45, 7) is 4.00. The molecule has 1 aliphatic heterocycles. The third-order valence-electron chi connectivity index (χ3n) is 7.00. The fourth-order valence-electron chi connectivity index (χ4n) is 5.03. The van der Waals surface area contributed by atoms with Gasteiger partial charge in [-0.05, 0) is 43.2 Å². The minimum absolute atomic E-state index is 0.143. The van der Waals surface area contributed by atoms with Gasteiger partial charge in [0.05, 0.1) is 0 Å². The van der Waals surface area contributed by atoms with E-state index < -0.39 is 0 Å². The molecule has 35 heavy (non-hydrogen) atoms. The van der Waals surface area contributed by atoms with E-state index in [0.717, 1.165) is 71.8 Å². The predicted molar refractivity (Wildman–Crippen MR) is 136 cm³/mol.